The number of carbonyl (C=O) groups is 10. The van der Waals surface area contributed by atoms with Crippen molar-refractivity contribution in [1.82, 2.24) is 25.2 Å². The van der Waals surface area contributed by atoms with Gasteiger partial charge in [-0.25, -0.2) is 24.5 Å². The smallest absolute Gasteiger partial charge is 0.338 e. The molecule has 0 radical (unpaired) electrons. The maximum atomic E-state index is 15.5. The summed E-state index contributed by atoms with van der Waals surface area (Å²) >= 11 is 7.58. The molecule has 8 aromatic rings. The lowest BCUT2D eigenvalue weighted by Gasteiger charge is -2.67. The summed E-state index contributed by atoms with van der Waals surface area (Å²) in [5.41, 5.74) is -2.80. The molecule has 0 spiro atoms. The largest absolute Gasteiger partial charge is 0.507 e. The van der Waals surface area contributed by atoms with Crippen molar-refractivity contribution >= 4 is 98.4 Å². The van der Waals surface area contributed by atoms with Crippen molar-refractivity contribution in [2.45, 2.75) is 191 Å². The zero-order valence-corrected chi connectivity index (χ0v) is 76.7. The molecule has 5 aliphatic carbocycles. The van der Waals surface area contributed by atoms with E-state index in [-0.39, 0.29) is 88.5 Å². The number of Topliss-reactive ketones (excluding diaryl/α,β-unsaturated/α-hetero) is 3. The molecule has 5 fully saturated rings. The number of aliphatic hydroxyl groups excluding tert-OH is 5. The number of methoxy groups -OCH3 is 1. The molecule has 1 unspecified atom stereocenters. The van der Waals surface area contributed by atoms with E-state index in [2.05, 4.69) is 35.4 Å². The summed E-state index contributed by atoms with van der Waals surface area (Å²) in [6.45, 7) is 16.7. The molecule has 3 saturated heterocycles. The van der Waals surface area contributed by atoms with Gasteiger partial charge in [0.15, 0.2) is 52.4 Å². The molecule has 35 nitrogen and oxygen atoms in total. The summed E-state index contributed by atoms with van der Waals surface area (Å²) in [6.07, 6.45) is -13.8. The van der Waals surface area contributed by atoms with Crippen LogP contribution in [-0.4, -0.2) is 262 Å². The number of hydrogen-bond acceptors (Lipinski definition) is 35. The van der Waals surface area contributed by atoms with Crippen LogP contribution >= 0.6 is 22.9 Å². The van der Waals surface area contributed by atoms with Gasteiger partial charge in [0.05, 0.1) is 95.4 Å². The molecule has 2 bridgehead atoms. The Bertz CT molecular complexity index is 5870. The van der Waals surface area contributed by atoms with E-state index in [9.17, 15) is 84.0 Å². The number of phenolic OH excluding ortho intramolecular Hbond substituents is 2. The molecule has 1 amide bonds. The molecule has 5 heterocycles. The van der Waals surface area contributed by atoms with E-state index in [0.29, 0.717) is 38.8 Å². The minimum Gasteiger partial charge on any atom is -0.507 e. The molecular weight excluding hydrogens is 1780 g/mol. The fourth-order valence-electron chi connectivity index (χ4n) is 19.8. The second-order valence-electron chi connectivity index (χ2n) is 35.5. The second kappa shape index (κ2) is 39.7. The first-order chi connectivity index (χ1) is 63.6. The Kier molecular flexibility index (Phi) is 29.1. The van der Waals surface area contributed by atoms with Gasteiger partial charge in [-0.15, -0.1) is 0 Å². The van der Waals surface area contributed by atoms with Crippen LogP contribution in [0.15, 0.2) is 151 Å². The zero-order valence-electron chi connectivity index (χ0n) is 75.2. The van der Waals surface area contributed by atoms with E-state index in [0.717, 1.165) is 57.0 Å². The first-order valence-corrected chi connectivity index (χ1v) is 44.9. The number of phenols is 2. The Balaban J connectivity index is 0.000000172. The van der Waals surface area contributed by atoms with Gasteiger partial charge in [0.2, 0.25) is 5.78 Å². The summed E-state index contributed by atoms with van der Waals surface area (Å²) in [6, 6.07) is 34.1. The third-order valence-corrected chi connectivity index (χ3v) is 28.2. The highest BCUT2D eigenvalue weighted by Gasteiger charge is 2.79. The number of benzene rings is 6. The molecule has 13 N–H and O–H groups in total. The number of piperazine rings is 1. The van der Waals surface area contributed by atoms with Crippen LogP contribution in [0.25, 0.3) is 0 Å². The molecule has 710 valence electrons. The number of esters is 4. The number of amides is 1. The Labute approximate surface area is 779 Å². The molecule has 2 saturated carbocycles. The number of fused-ring (bicyclic) bond motifs is 8. The van der Waals surface area contributed by atoms with E-state index < -0.39 is 208 Å². The van der Waals surface area contributed by atoms with Crippen molar-refractivity contribution in [2.75, 3.05) is 69.9 Å². The number of ketones is 5. The average Bonchev–Trinajstić information content (AvgIpc) is 0.723. The number of β-amino-alcohol motifs (C(OH)–C–C–N with tert-alkyl or cyclic N) is 1. The van der Waals surface area contributed by atoms with Crippen molar-refractivity contribution in [3.63, 3.8) is 0 Å². The van der Waals surface area contributed by atoms with Crippen molar-refractivity contribution < 1.29 is 132 Å². The number of nitrogens with one attached hydrogen (secondary N) is 2. The number of hydrogen-bond donors (Lipinski definition) is 12. The Hall–Kier alpha value is -11.7. The van der Waals surface area contributed by atoms with Crippen molar-refractivity contribution in [1.29, 1.82) is 0 Å². The van der Waals surface area contributed by atoms with E-state index in [1.54, 1.807) is 112 Å². The Morgan fingerprint density at radius 1 is 0.761 bits per heavy atom. The van der Waals surface area contributed by atoms with Gasteiger partial charge in [0, 0.05) is 130 Å². The highest BCUT2D eigenvalue weighted by molar-refractivity contribution is 7.17. The third-order valence-electron chi connectivity index (χ3n) is 26.9. The molecule has 8 aliphatic rings. The number of thiazole rings is 1. The zero-order chi connectivity index (χ0) is 96.7. The molecule has 37 heteroatoms. The number of carbonyl (C=O) groups excluding carboxylic acids is 10. The molecular formula is C97H107ClN8O27S. The minimum absolute atomic E-state index is 0.00289. The maximum absolute atomic E-state index is 15.5. The number of rotatable bonds is 23. The van der Waals surface area contributed by atoms with Crippen LogP contribution in [0, 0.1) is 30.6 Å². The maximum Gasteiger partial charge on any atom is 0.338 e. The van der Waals surface area contributed by atoms with Crippen molar-refractivity contribution in [3.05, 3.63) is 228 Å². The molecule has 3 aliphatic heterocycles. The summed E-state index contributed by atoms with van der Waals surface area (Å²) in [5.74, 6) is -8.47. The van der Waals surface area contributed by atoms with E-state index in [1.807, 2.05) is 32.0 Å². The summed E-state index contributed by atoms with van der Waals surface area (Å²) in [7, 11) is 1.32. The quantitative estimate of drug-likeness (QED) is 0.00988. The van der Waals surface area contributed by atoms with Crippen LogP contribution in [0.3, 0.4) is 0 Å². The Morgan fingerprint density at radius 3 is 2.04 bits per heavy atom. The summed E-state index contributed by atoms with van der Waals surface area (Å²) in [4.78, 5) is 154. The number of aliphatic hydroxyl groups is 7. The van der Waals surface area contributed by atoms with Gasteiger partial charge in [-0.1, -0.05) is 128 Å². The van der Waals surface area contributed by atoms with Gasteiger partial charge in [-0.2, -0.15) is 0 Å². The van der Waals surface area contributed by atoms with Crippen LogP contribution < -0.4 is 26.0 Å². The molecule has 6 aromatic carbocycles. The fraction of sp³-hybridized carbons (Fsp3) is 0.433. The fourth-order valence-corrected chi connectivity index (χ4v) is 20.8. The average molecular weight is 1880 g/mol. The van der Waals surface area contributed by atoms with E-state index in [1.165, 1.54) is 62.6 Å². The number of aromatic hydroxyl groups is 2. The standard InChI is InChI=1S/C47H51NO14.C27H29NO11.C23H27ClN6O2S/c1-25-31(60-43(56)36(52)35(28-16-10-7-11-17-28)48-41(54)29-18-12-8-13-19-29)23-47(57)40(61-42(55)30-20-14-9-15-21-30)38-45(6,32(51)22-33-46(38,24-58-33)62-27(3)50)39(53)37(59-26(2)49)34(25)44(47,4)5;1-10-22(31)13(28)6-17(38-10)39-15-8-27(36,16(30)9-29)7-12-19(15)26(35)21-20(24(12)33)23(32)11-4-3-5-14(37-2)18(11)25(21)34;1-15-4-3-5-18(24)17(15)12-19(32)20-14-25-23(33-20)28-21-13-22(27-16(2)26-21)30-8-6-29(7-9-30)10-11-31/h7-21,31-33,35-38,40,51-52,57H,22-24H2,1-6H3,(H,48,54);3-5,10,13,15,17,22,29,31,33,35-36H,6-9,28H2,1-2H3;3-5,13-14,31H,6-12H2,1-2H3,(H,25,26,27,28)/t31-,32-,33+,35+,36-,37+,38+,40+,45+,46+,47+;10-,13-,15-,17?,22-,27-;/m00./s1. The van der Waals surface area contributed by atoms with Gasteiger partial charge in [-0.05, 0) is 98.9 Å². The molecule has 17 atom stereocenters. The topological polar surface area (TPSA) is 522 Å². The number of ether oxygens (including phenoxy) is 8. The number of anilines is 3. The van der Waals surface area contributed by atoms with Crippen molar-refractivity contribution in [2.24, 2.45) is 22.5 Å². The van der Waals surface area contributed by atoms with Crippen LogP contribution in [-0.2, 0) is 70.0 Å². The highest BCUT2D eigenvalue weighted by atomic mass is 35.5. The Morgan fingerprint density at radius 2 is 1.42 bits per heavy atom. The van der Waals surface area contributed by atoms with Gasteiger partial charge in [0.1, 0.15) is 70.8 Å². The van der Waals surface area contributed by atoms with Crippen LogP contribution in [0.4, 0.5) is 16.8 Å². The van der Waals surface area contributed by atoms with Crippen LogP contribution in [0.2, 0.25) is 5.02 Å². The van der Waals surface area contributed by atoms with E-state index in [4.69, 9.17) is 60.3 Å². The summed E-state index contributed by atoms with van der Waals surface area (Å²) < 4.78 is 47.3. The van der Waals surface area contributed by atoms with E-state index >= 15 is 4.79 Å². The van der Waals surface area contributed by atoms with Crippen LogP contribution in [0.5, 0.6) is 17.2 Å². The monoisotopic (exact) mass is 1880 g/mol. The molecule has 134 heavy (non-hydrogen) atoms. The molecule has 2 aromatic heterocycles. The highest BCUT2D eigenvalue weighted by Crippen LogP contribution is 2.65. The number of nitrogens with two attached hydrogens (primary N) is 1. The van der Waals surface area contributed by atoms with Gasteiger partial charge >= 0.3 is 23.9 Å². The van der Waals surface area contributed by atoms with Crippen molar-refractivity contribution in [3.8, 4) is 17.2 Å². The SMILES string of the molecule is CC(=O)O[C@H]1C(=O)[C@]2(C)[C@@H](O)C[C@H]3OC[C@]3(OC(C)=O)[C@@H]2[C@@H](OC(=O)c2ccccc2)[C@]2(O)C[C@H](OC(=O)[C@@H](O)[C@H](NC(=O)c3ccccc3)c3ccccc3)C(C)=C1C2(C)C.COc1cccc2c1C(=O)c1c(O)c3c(c(O)c1C2=O)C[C@@](O)(C(=O)CO)C[C@@H]3OC1C[C@H](N)[C@@H](O)[C@H](C)O1.Cc1nc(Nc2ncc(C(=O)Cc3c(C)cccc3Cl)s2)cc(N2CCN(CCO)CC2)n1. The summed E-state index contributed by atoms with van der Waals surface area (Å²) in [5, 5.41) is 107. The lowest BCUT2D eigenvalue weighted by Crippen LogP contribution is -2.82. The molecule has 16 rings (SSSR count). The first kappa shape index (κ1) is 98.3. The predicted octanol–water partition coefficient (Wildman–Crippen LogP) is 7.22. The van der Waals surface area contributed by atoms with Crippen LogP contribution in [0.1, 0.15) is 182 Å². The lowest BCUT2D eigenvalue weighted by molar-refractivity contribution is -0.346. The number of aromatic nitrogens is 3. The first-order valence-electron chi connectivity index (χ1n) is 43.8. The van der Waals surface area contributed by atoms with Gasteiger partial charge in [-0.3, -0.25) is 43.3 Å². The number of aryl methyl sites for hydroxylation is 2. The van der Waals surface area contributed by atoms with Gasteiger partial charge in [0.25, 0.3) is 5.91 Å². The van der Waals surface area contributed by atoms with Gasteiger partial charge < -0.3 is 105 Å². The second-order valence-corrected chi connectivity index (χ2v) is 37.0. The third kappa shape index (κ3) is 18.9. The minimum atomic E-state index is -2.39. The lowest BCUT2D eigenvalue weighted by atomic mass is 9.44. The number of nitrogens with zero attached hydrogens (tertiary/aromatic N) is 5. The predicted molar refractivity (Wildman–Crippen MR) is 482 cm³/mol. The number of halogens is 1. The normalized spacial score (nSPS) is 27.0.